The third-order valence-corrected chi connectivity index (χ3v) is 7.87. The van der Waals surface area contributed by atoms with Crippen LogP contribution in [0.5, 0.6) is 0 Å². The van der Waals surface area contributed by atoms with Crippen LogP contribution in [0.3, 0.4) is 0 Å². The number of benzene rings is 1. The average Bonchev–Trinajstić information content (AvgIpc) is 3.42. The van der Waals surface area contributed by atoms with Gasteiger partial charge in [0, 0.05) is 38.8 Å². The Hall–Kier alpha value is -3.18. The number of hydrogen-bond donors (Lipinski definition) is 0. The zero-order chi connectivity index (χ0) is 23.7. The highest BCUT2D eigenvalue weighted by Crippen LogP contribution is 2.38. The largest absolute Gasteiger partial charge is 0.336 e. The molecule has 2 saturated heterocycles. The third kappa shape index (κ3) is 4.34. The fraction of sp³-hybridized carbons (Fsp3) is 0.583. The number of hydrogen-bond acceptors (Lipinski definition) is 8. The van der Waals surface area contributed by atoms with Crippen molar-refractivity contribution in [3.8, 4) is 0 Å². The van der Waals surface area contributed by atoms with Crippen molar-refractivity contribution >= 4 is 5.91 Å². The van der Waals surface area contributed by atoms with Crippen molar-refractivity contribution in [3.63, 3.8) is 0 Å². The maximum absolute atomic E-state index is 13.0. The summed E-state index contributed by atoms with van der Waals surface area (Å²) in [5.41, 5.74) is 0.771. The van der Waals surface area contributed by atoms with Gasteiger partial charge >= 0.3 is 0 Å². The molecule has 4 heterocycles. The van der Waals surface area contributed by atoms with Crippen molar-refractivity contribution in [3.05, 3.63) is 54.4 Å². The molecule has 0 N–H and O–H groups in total. The molecule has 3 fully saturated rings. The molecule has 0 bridgehead atoms. The minimum atomic E-state index is -0.383. The maximum atomic E-state index is 13.0. The number of tetrazole rings is 1. The minimum absolute atomic E-state index is 0.0409. The van der Waals surface area contributed by atoms with E-state index in [1.165, 1.54) is 25.6 Å². The second-order valence-corrected chi connectivity index (χ2v) is 9.98. The Labute approximate surface area is 204 Å². The van der Waals surface area contributed by atoms with Gasteiger partial charge in [-0.3, -0.25) is 14.6 Å². The molecule has 184 valence electrons. The van der Waals surface area contributed by atoms with Crippen molar-refractivity contribution in [1.29, 1.82) is 0 Å². The molecule has 3 aliphatic rings. The molecule has 11 nitrogen and oxygen atoms in total. The number of carbonyl (C=O) groups is 1. The molecule has 3 aromatic rings. The van der Waals surface area contributed by atoms with E-state index < -0.39 is 0 Å². The number of likely N-dealkylation sites (tertiary alicyclic amines) is 1. The van der Waals surface area contributed by atoms with Gasteiger partial charge in [-0.1, -0.05) is 36.8 Å². The second-order valence-electron chi connectivity index (χ2n) is 9.98. The highest BCUT2D eigenvalue weighted by molar-refractivity contribution is 5.77. The SMILES string of the molecule is O=C(Cn1cncn1)N1CC(c2nnnn2Cc2ccccc2)(N2CCCN(C3CCC3)CC2)C1. The molecular weight excluding hydrogens is 444 g/mol. The van der Waals surface area contributed by atoms with Gasteiger partial charge in [-0.2, -0.15) is 5.10 Å². The van der Waals surface area contributed by atoms with E-state index in [2.05, 4.69) is 47.5 Å². The van der Waals surface area contributed by atoms with Crippen molar-refractivity contribution in [2.45, 2.75) is 50.4 Å². The topological polar surface area (TPSA) is 101 Å². The lowest BCUT2D eigenvalue weighted by molar-refractivity contribution is -0.149. The van der Waals surface area contributed by atoms with Gasteiger partial charge in [0.25, 0.3) is 0 Å². The lowest BCUT2D eigenvalue weighted by Crippen LogP contribution is -2.70. The molecule has 35 heavy (non-hydrogen) atoms. The van der Waals surface area contributed by atoms with Crippen molar-refractivity contribution < 1.29 is 4.79 Å². The normalized spacial score (nSPS) is 21.3. The summed E-state index contributed by atoms with van der Waals surface area (Å²) in [7, 11) is 0. The highest BCUT2D eigenvalue weighted by atomic mass is 16.2. The highest BCUT2D eigenvalue weighted by Gasteiger charge is 2.54. The van der Waals surface area contributed by atoms with E-state index in [9.17, 15) is 4.79 Å². The first-order chi connectivity index (χ1) is 17.2. The van der Waals surface area contributed by atoms with Gasteiger partial charge in [-0.25, -0.2) is 14.3 Å². The van der Waals surface area contributed by atoms with Crippen LogP contribution in [0.1, 0.15) is 37.1 Å². The Kier molecular flexibility index (Phi) is 6.03. The number of amides is 1. The second kappa shape index (κ2) is 9.46. The maximum Gasteiger partial charge on any atom is 0.244 e. The zero-order valence-electron chi connectivity index (χ0n) is 20.0. The van der Waals surface area contributed by atoms with Crippen LogP contribution in [0.2, 0.25) is 0 Å². The Bertz CT molecular complexity index is 1120. The quantitative estimate of drug-likeness (QED) is 0.489. The predicted molar refractivity (Wildman–Crippen MR) is 127 cm³/mol. The fourth-order valence-corrected chi connectivity index (χ4v) is 5.68. The summed E-state index contributed by atoms with van der Waals surface area (Å²) in [6, 6.07) is 11.0. The molecular formula is C24H32N10O. The summed E-state index contributed by atoms with van der Waals surface area (Å²) >= 11 is 0. The van der Waals surface area contributed by atoms with Gasteiger partial charge in [0.15, 0.2) is 5.82 Å². The number of carbonyl (C=O) groups excluding carboxylic acids is 1. The Morgan fingerprint density at radius 1 is 1.03 bits per heavy atom. The summed E-state index contributed by atoms with van der Waals surface area (Å²) < 4.78 is 3.49. The molecule has 0 radical (unpaired) electrons. The van der Waals surface area contributed by atoms with Gasteiger partial charge in [0.1, 0.15) is 24.7 Å². The average molecular weight is 477 g/mol. The number of rotatable bonds is 7. The van der Waals surface area contributed by atoms with Crippen LogP contribution < -0.4 is 0 Å². The molecule has 11 heteroatoms. The standard InChI is InChI=1S/C24H32N10O/c35-22(15-33-19-25-18-26-33)31-16-24(17-31,32-11-5-10-30(12-13-32)21-8-4-9-21)23-27-28-29-34(23)14-20-6-2-1-3-7-20/h1-3,6-7,18-19,21H,4-5,8-17H2. The van der Waals surface area contributed by atoms with Crippen LogP contribution in [0.25, 0.3) is 0 Å². The molecule has 1 aromatic carbocycles. The molecule has 1 saturated carbocycles. The van der Waals surface area contributed by atoms with Crippen LogP contribution >= 0.6 is 0 Å². The number of nitrogens with zero attached hydrogens (tertiary/aromatic N) is 10. The van der Waals surface area contributed by atoms with E-state index >= 15 is 0 Å². The number of aromatic nitrogens is 7. The summed E-state index contributed by atoms with van der Waals surface area (Å²) in [6.07, 6.45) is 8.15. The van der Waals surface area contributed by atoms with Crippen molar-refractivity contribution in [2.75, 3.05) is 39.3 Å². The summed E-state index contributed by atoms with van der Waals surface area (Å²) in [6.45, 7) is 6.10. The van der Waals surface area contributed by atoms with Gasteiger partial charge in [0.2, 0.25) is 5.91 Å². The smallest absolute Gasteiger partial charge is 0.244 e. The summed E-state index contributed by atoms with van der Waals surface area (Å²) in [5, 5.41) is 17.1. The van der Waals surface area contributed by atoms with Gasteiger partial charge in [0.05, 0.1) is 6.54 Å². The van der Waals surface area contributed by atoms with E-state index in [1.807, 2.05) is 27.8 Å². The van der Waals surface area contributed by atoms with Gasteiger partial charge in [-0.05, 0) is 41.8 Å². The molecule has 1 amide bonds. The predicted octanol–water partition coefficient (Wildman–Crippen LogP) is 0.611. The van der Waals surface area contributed by atoms with Crippen LogP contribution in [0, 0.1) is 0 Å². The third-order valence-electron chi connectivity index (χ3n) is 7.87. The Morgan fingerprint density at radius 2 is 1.89 bits per heavy atom. The first kappa shape index (κ1) is 22.3. The van der Waals surface area contributed by atoms with Crippen LogP contribution in [-0.4, -0.2) is 101 Å². The molecule has 1 aliphatic carbocycles. The van der Waals surface area contributed by atoms with E-state index in [1.54, 1.807) is 11.0 Å². The summed E-state index contributed by atoms with van der Waals surface area (Å²) in [5.74, 6) is 0.891. The van der Waals surface area contributed by atoms with Crippen LogP contribution in [-0.2, 0) is 23.4 Å². The van der Waals surface area contributed by atoms with E-state index in [0.717, 1.165) is 50.0 Å². The lowest BCUT2D eigenvalue weighted by Gasteiger charge is -2.54. The van der Waals surface area contributed by atoms with E-state index in [0.29, 0.717) is 19.6 Å². The molecule has 0 atom stereocenters. The summed E-state index contributed by atoms with van der Waals surface area (Å²) in [4.78, 5) is 24.1. The van der Waals surface area contributed by atoms with Crippen molar-refractivity contribution in [2.24, 2.45) is 0 Å². The molecule has 2 aromatic heterocycles. The van der Waals surface area contributed by atoms with Crippen LogP contribution in [0.4, 0.5) is 0 Å². The first-order valence-corrected chi connectivity index (χ1v) is 12.6. The fourth-order valence-electron chi connectivity index (χ4n) is 5.68. The molecule has 6 rings (SSSR count). The van der Waals surface area contributed by atoms with Gasteiger partial charge < -0.3 is 4.90 Å². The van der Waals surface area contributed by atoms with Crippen LogP contribution in [0.15, 0.2) is 43.0 Å². The minimum Gasteiger partial charge on any atom is -0.336 e. The monoisotopic (exact) mass is 476 g/mol. The first-order valence-electron chi connectivity index (χ1n) is 12.6. The Balaban J connectivity index is 1.24. The van der Waals surface area contributed by atoms with Gasteiger partial charge in [-0.15, -0.1) is 5.10 Å². The van der Waals surface area contributed by atoms with E-state index in [4.69, 9.17) is 0 Å². The lowest BCUT2D eigenvalue weighted by atomic mass is 9.85. The van der Waals surface area contributed by atoms with Crippen molar-refractivity contribution in [1.82, 2.24) is 49.7 Å². The molecule has 0 unspecified atom stereocenters. The van der Waals surface area contributed by atoms with E-state index in [-0.39, 0.29) is 18.0 Å². The zero-order valence-corrected chi connectivity index (χ0v) is 20.0. The molecule has 0 spiro atoms. The molecule has 2 aliphatic heterocycles. The Morgan fingerprint density at radius 3 is 2.63 bits per heavy atom.